The maximum atomic E-state index is 9.11. The minimum atomic E-state index is 0. The molecule has 2 heteroatoms. The van der Waals surface area contributed by atoms with Crippen LogP contribution in [0.3, 0.4) is 0 Å². The van der Waals surface area contributed by atoms with Crippen molar-refractivity contribution in [2.75, 3.05) is 0 Å². The monoisotopic (exact) mass is 426 g/mol. The molecule has 0 unspecified atom stereocenters. The average molecular weight is 427 g/mol. The van der Waals surface area contributed by atoms with Crippen LogP contribution >= 0.6 is 0 Å². The molecule has 0 radical (unpaired) electrons. The van der Waals surface area contributed by atoms with Crippen LogP contribution < -0.4 is 0 Å². The lowest BCUT2D eigenvalue weighted by Gasteiger charge is -2.10. The molecule has 160 valence electrons. The van der Waals surface area contributed by atoms with Crippen LogP contribution in [-0.2, 0) is 6.42 Å². The lowest BCUT2D eigenvalue weighted by molar-refractivity contribution is 1.26. The molecule has 0 saturated carbocycles. The maximum Gasteiger partial charge on any atom is 0.0669 e. The van der Waals surface area contributed by atoms with Gasteiger partial charge in [0, 0.05) is 16.8 Å². The Morgan fingerprint density at radius 1 is 0.576 bits per heavy atom. The molecule has 4 aromatic carbocycles. The molecule has 1 heterocycles. The van der Waals surface area contributed by atoms with Crippen molar-refractivity contribution in [2.45, 2.75) is 13.8 Å². The molecule has 33 heavy (non-hydrogen) atoms. The summed E-state index contributed by atoms with van der Waals surface area (Å²) in [5, 5.41) is 9.11. The van der Waals surface area contributed by atoms with Gasteiger partial charge in [0.1, 0.15) is 0 Å². The third-order valence-corrected chi connectivity index (χ3v) is 5.70. The first-order chi connectivity index (χ1) is 15.8. The van der Waals surface area contributed by atoms with Gasteiger partial charge in [-0.2, -0.15) is 5.26 Å². The average Bonchev–Trinajstić information content (AvgIpc) is 3.31. The van der Waals surface area contributed by atoms with Crippen LogP contribution in [-0.4, -0.2) is 4.98 Å². The van der Waals surface area contributed by atoms with E-state index in [4.69, 9.17) is 5.26 Å². The first-order valence-corrected chi connectivity index (χ1v) is 10.7. The van der Waals surface area contributed by atoms with Gasteiger partial charge in [-0.15, -0.1) is 0 Å². The highest BCUT2D eigenvalue weighted by atomic mass is 14.7. The minimum absolute atomic E-state index is 0. The summed E-state index contributed by atoms with van der Waals surface area (Å²) in [6, 6.07) is 42.1. The standard InChI is InChI=1S/C30H22N2.CH4/c31-19-18-22-10-9-15-25(20-22)26-16-7-8-17-27(26)29-21-28(23-11-3-1-4-12-23)30(32-29)24-13-5-2-6-14-24;/h1-17,20-21,32H,18H2;1H4. The number of aromatic nitrogens is 1. The van der Waals surface area contributed by atoms with Gasteiger partial charge < -0.3 is 4.98 Å². The van der Waals surface area contributed by atoms with Gasteiger partial charge >= 0.3 is 0 Å². The summed E-state index contributed by atoms with van der Waals surface area (Å²) in [6.45, 7) is 0. The minimum Gasteiger partial charge on any atom is -0.354 e. The number of rotatable bonds is 5. The van der Waals surface area contributed by atoms with Gasteiger partial charge in [0.15, 0.2) is 0 Å². The molecule has 0 atom stereocenters. The van der Waals surface area contributed by atoms with E-state index in [2.05, 4.69) is 102 Å². The summed E-state index contributed by atoms with van der Waals surface area (Å²) >= 11 is 0. The van der Waals surface area contributed by atoms with Gasteiger partial charge in [0.25, 0.3) is 0 Å². The molecule has 0 spiro atoms. The van der Waals surface area contributed by atoms with Crippen LogP contribution in [0.2, 0.25) is 0 Å². The van der Waals surface area contributed by atoms with Crippen LogP contribution in [0.25, 0.3) is 44.8 Å². The molecular weight excluding hydrogens is 400 g/mol. The number of nitrogens with zero attached hydrogens (tertiary/aromatic N) is 1. The van der Waals surface area contributed by atoms with E-state index in [0.29, 0.717) is 6.42 Å². The van der Waals surface area contributed by atoms with Crippen molar-refractivity contribution in [3.63, 3.8) is 0 Å². The van der Waals surface area contributed by atoms with Crippen LogP contribution in [0.4, 0.5) is 0 Å². The normalized spacial score (nSPS) is 10.3. The van der Waals surface area contributed by atoms with Gasteiger partial charge in [-0.1, -0.05) is 117 Å². The Hall–Kier alpha value is -4.35. The van der Waals surface area contributed by atoms with Crippen LogP contribution in [0.15, 0.2) is 115 Å². The number of nitriles is 1. The Kier molecular flexibility index (Phi) is 6.53. The van der Waals surface area contributed by atoms with Gasteiger partial charge in [-0.3, -0.25) is 0 Å². The van der Waals surface area contributed by atoms with Crippen LogP contribution in [0.1, 0.15) is 13.0 Å². The van der Waals surface area contributed by atoms with E-state index in [0.717, 1.165) is 39.2 Å². The largest absolute Gasteiger partial charge is 0.354 e. The maximum absolute atomic E-state index is 9.11. The number of nitrogens with one attached hydrogen (secondary N) is 1. The fourth-order valence-electron chi connectivity index (χ4n) is 4.19. The Bertz CT molecular complexity index is 1330. The Morgan fingerprint density at radius 3 is 1.88 bits per heavy atom. The summed E-state index contributed by atoms with van der Waals surface area (Å²) < 4.78 is 0. The zero-order chi connectivity index (χ0) is 21.8. The summed E-state index contributed by atoms with van der Waals surface area (Å²) in [4.78, 5) is 3.71. The van der Waals surface area contributed by atoms with Crippen LogP contribution in [0.5, 0.6) is 0 Å². The Balaban J connectivity index is 0.00000259. The number of H-pyrrole nitrogens is 1. The van der Waals surface area contributed by atoms with Gasteiger partial charge in [0.2, 0.25) is 0 Å². The van der Waals surface area contributed by atoms with E-state index >= 15 is 0 Å². The van der Waals surface area contributed by atoms with Gasteiger partial charge in [-0.25, -0.2) is 0 Å². The summed E-state index contributed by atoms with van der Waals surface area (Å²) in [6.07, 6.45) is 0.412. The van der Waals surface area contributed by atoms with E-state index in [9.17, 15) is 0 Å². The van der Waals surface area contributed by atoms with Crippen molar-refractivity contribution in [1.29, 1.82) is 5.26 Å². The number of aromatic amines is 1. The fraction of sp³-hybridized carbons (Fsp3) is 0.0645. The molecule has 1 aromatic heterocycles. The Labute approximate surface area is 195 Å². The Morgan fingerprint density at radius 2 is 1.18 bits per heavy atom. The van der Waals surface area contributed by atoms with E-state index < -0.39 is 0 Å². The van der Waals surface area contributed by atoms with Crippen molar-refractivity contribution in [3.05, 3.63) is 121 Å². The zero-order valence-corrected chi connectivity index (χ0v) is 17.6. The van der Waals surface area contributed by atoms with Crippen LogP contribution in [0, 0.1) is 11.3 Å². The van der Waals surface area contributed by atoms with E-state index in [-0.39, 0.29) is 7.43 Å². The number of hydrogen-bond donors (Lipinski definition) is 1. The second-order valence-corrected chi connectivity index (χ2v) is 7.78. The van der Waals surface area contributed by atoms with E-state index in [1.807, 2.05) is 24.3 Å². The molecule has 0 saturated heterocycles. The van der Waals surface area contributed by atoms with Crippen molar-refractivity contribution in [1.82, 2.24) is 4.98 Å². The first-order valence-electron chi connectivity index (χ1n) is 10.7. The molecule has 5 rings (SSSR count). The zero-order valence-electron chi connectivity index (χ0n) is 17.6. The fourth-order valence-corrected chi connectivity index (χ4v) is 4.19. The molecule has 0 bridgehead atoms. The quantitative estimate of drug-likeness (QED) is 0.301. The lowest BCUT2D eigenvalue weighted by Crippen LogP contribution is -1.88. The molecule has 0 aliphatic carbocycles. The highest BCUT2D eigenvalue weighted by Crippen LogP contribution is 2.39. The lowest BCUT2D eigenvalue weighted by atomic mass is 9.95. The van der Waals surface area contributed by atoms with Crippen molar-refractivity contribution >= 4 is 0 Å². The second kappa shape index (κ2) is 9.85. The first kappa shape index (κ1) is 21.9. The van der Waals surface area contributed by atoms with Crippen molar-refractivity contribution in [2.24, 2.45) is 0 Å². The SMILES string of the molecule is C.N#CCc1cccc(-c2ccccc2-c2cc(-c3ccccc3)c(-c3ccccc3)[nH]2)c1. The van der Waals surface area contributed by atoms with Gasteiger partial charge in [-0.05, 0) is 33.9 Å². The molecular formula is C31H26N2. The van der Waals surface area contributed by atoms with Crippen molar-refractivity contribution < 1.29 is 0 Å². The van der Waals surface area contributed by atoms with Crippen molar-refractivity contribution in [3.8, 4) is 50.8 Å². The van der Waals surface area contributed by atoms with E-state index in [1.165, 1.54) is 11.1 Å². The molecule has 0 aliphatic heterocycles. The third-order valence-electron chi connectivity index (χ3n) is 5.70. The highest BCUT2D eigenvalue weighted by molar-refractivity contribution is 5.90. The summed E-state index contributed by atoms with van der Waals surface area (Å²) in [5.74, 6) is 0. The molecule has 2 nitrogen and oxygen atoms in total. The van der Waals surface area contributed by atoms with Gasteiger partial charge in [0.05, 0.1) is 18.2 Å². The second-order valence-electron chi connectivity index (χ2n) is 7.78. The summed E-state index contributed by atoms with van der Waals surface area (Å²) in [7, 11) is 0. The predicted molar refractivity (Wildman–Crippen MR) is 139 cm³/mol. The number of benzene rings is 4. The smallest absolute Gasteiger partial charge is 0.0669 e. The van der Waals surface area contributed by atoms with E-state index in [1.54, 1.807) is 0 Å². The molecule has 0 amide bonds. The molecule has 5 aromatic rings. The molecule has 1 N–H and O–H groups in total. The third kappa shape index (κ3) is 4.49. The topological polar surface area (TPSA) is 39.6 Å². The highest BCUT2D eigenvalue weighted by Gasteiger charge is 2.15. The molecule has 0 fully saturated rings. The summed E-state index contributed by atoms with van der Waals surface area (Å²) in [5.41, 5.74) is 10.1. The predicted octanol–water partition coefficient (Wildman–Crippen LogP) is 8.38. The number of hydrogen-bond acceptors (Lipinski definition) is 1. The molecule has 0 aliphatic rings.